The van der Waals surface area contributed by atoms with Crippen molar-refractivity contribution in [1.82, 2.24) is 0 Å². The van der Waals surface area contributed by atoms with Gasteiger partial charge in [0.05, 0.1) is 13.2 Å². The van der Waals surface area contributed by atoms with Gasteiger partial charge in [0, 0.05) is 5.41 Å². The highest BCUT2D eigenvalue weighted by Gasteiger charge is 2.46. The third kappa shape index (κ3) is 3.84. The molecule has 0 amide bonds. The zero-order valence-electron chi connectivity index (χ0n) is 11.0. The molecule has 0 saturated heterocycles. The van der Waals surface area contributed by atoms with Gasteiger partial charge >= 0.3 is 11.9 Å². The van der Waals surface area contributed by atoms with Crippen LogP contribution < -0.4 is 0 Å². The van der Waals surface area contributed by atoms with Crippen molar-refractivity contribution in [1.29, 1.82) is 0 Å². The normalized spacial score (nSPS) is 11.2. The summed E-state index contributed by atoms with van der Waals surface area (Å²) in [6.45, 7) is 8.00. The summed E-state index contributed by atoms with van der Waals surface area (Å²) in [5.41, 5.74) is -1.13. The lowest BCUT2D eigenvalue weighted by Gasteiger charge is -2.28. The molecule has 0 fully saturated rings. The number of carbonyl (C=O) groups is 3. The largest absolute Gasteiger partial charge is 0.465 e. The van der Waals surface area contributed by atoms with Crippen LogP contribution in [0.15, 0.2) is 0 Å². The second-order valence-electron chi connectivity index (χ2n) is 4.21. The summed E-state index contributed by atoms with van der Waals surface area (Å²) in [4.78, 5) is 35.0. The predicted octanol–water partition coefficient (Wildman–Crippen LogP) is 1.34. The van der Waals surface area contributed by atoms with Gasteiger partial charge in [-0.3, -0.25) is 14.4 Å². The molecule has 0 N–H and O–H groups in total. The zero-order chi connectivity index (χ0) is 13.6. The van der Waals surface area contributed by atoms with E-state index in [2.05, 4.69) is 0 Å². The summed E-state index contributed by atoms with van der Waals surface area (Å²) in [5, 5.41) is 0. The highest BCUT2D eigenvalue weighted by atomic mass is 16.6. The monoisotopic (exact) mass is 244 g/mol. The minimum atomic E-state index is -1.21. The van der Waals surface area contributed by atoms with E-state index in [1.807, 2.05) is 0 Å². The molecule has 0 aromatic carbocycles. The second kappa shape index (κ2) is 6.37. The maximum atomic E-state index is 11.7. The summed E-state index contributed by atoms with van der Waals surface area (Å²) < 4.78 is 9.63. The van der Waals surface area contributed by atoms with Gasteiger partial charge in [-0.15, -0.1) is 0 Å². The van der Waals surface area contributed by atoms with Crippen LogP contribution in [-0.4, -0.2) is 30.9 Å². The van der Waals surface area contributed by atoms with Gasteiger partial charge in [0.1, 0.15) is 5.78 Å². The Bertz CT molecular complexity index is 288. The number of carbonyl (C=O) groups excluding carboxylic acids is 3. The predicted molar refractivity (Wildman–Crippen MR) is 61.2 cm³/mol. The third-order valence-corrected chi connectivity index (χ3v) is 2.67. The maximum Gasteiger partial charge on any atom is 0.321 e. The van der Waals surface area contributed by atoms with Crippen LogP contribution in [0.2, 0.25) is 0 Å². The van der Waals surface area contributed by atoms with E-state index in [4.69, 9.17) is 9.47 Å². The lowest BCUT2D eigenvalue weighted by molar-refractivity contribution is -0.169. The molecule has 0 bridgehead atoms. The molecule has 5 nitrogen and oxygen atoms in total. The fourth-order valence-electron chi connectivity index (χ4n) is 1.34. The Morgan fingerprint density at radius 1 is 1.00 bits per heavy atom. The van der Waals surface area contributed by atoms with Gasteiger partial charge in [-0.25, -0.2) is 0 Å². The first kappa shape index (κ1) is 15.6. The van der Waals surface area contributed by atoms with Crippen LogP contribution in [0.3, 0.4) is 0 Å². The molecular formula is C12H20O5. The number of ether oxygens (including phenoxy) is 2. The molecule has 98 valence electrons. The number of Topliss-reactive ketones (excluding diaryl/α,β-unsaturated/α-hetero) is 1. The van der Waals surface area contributed by atoms with Crippen molar-refractivity contribution in [2.75, 3.05) is 13.2 Å². The summed E-state index contributed by atoms with van der Waals surface area (Å²) >= 11 is 0. The molecule has 0 saturated carbocycles. The summed E-state index contributed by atoms with van der Waals surface area (Å²) in [6.07, 6.45) is 0. The Balaban J connectivity index is 5.17. The van der Waals surface area contributed by atoms with Gasteiger partial charge < -0.3 is 9.47 Å². The van der Waals surface area contributed by atoms with Crippen molar-refractivity contribution in [3.8, 4) is 0 Å². The zero-order valence-corrected chi connectivity index (χ0v) is 11.0. The van der Waals surface area contributed by atoms with Gasteiger partial charge in [0.15, 0.2) is 5.92 Å². The number of hydrogen-bond acceptors (Lipinski definition) is 5. The Morgan fingerprint density at radius 3 is 1.59 bits per heavy atom. The quantitative estimate of drug-likeness (QED) is 0.521. The van der Waals surface area contributed by atoms with Crippen LogP contribution in [0.1, 0.15) is 34.6 Å². The smallest absolute Gasteiger partial charge is 0.321 e. The van der Waals surface area contributed by atoms with Crippen LogP contribution >= 0.6 is 0 Å². The van der Waals surface area contributed by atoms with Crippen molar-refractivity contribution in [2.45, 2.75) is 34.6 Å². The maximum absolute atomic E-state index is 11.7. The molecule has 0 spiro atoms. The van der Waals surface area contributed by atoms with Crippen LogP contribution in [0.25, 0.3) is 0 Å². The van der Waals surface area contributed by atoms with Gasteiger partial charge in [0.25, 0.3) is 0 Å². The van der Waals surface area contributed by atoms with Crippen LogP contribution in [0.5, 0.6) is 0 Å². The molecule has 17 heavy (non-hydrogen) atoms. The van der Waals surface area contributed by atoms with Crippen LogP contribution in [0, 0.1) is 11.3 Å². The standard InChI is InChI=1S/C12H20O5/c1-6-16-10(14)9(11(15)17-7-2)12(4,5)8(3)13/h9H,6-7H2,1-5H3. The highest BCUT2D eigenvalue weighted by molar-refractivity contribution is 6.01. The van der Waals surface area contributed by atoms with E-state index in [1.165, 1.54) is 20.8 Å². The van der Waals surface area contributed by atoms with Gasteiger partial charge in [-0.05, 0) is 20.8 Å². The summed E-state index contributed by atoms with van der Waals surface area (Å²) in [5.74, 6) is -2.90. The van der Waals surface area contributed by atoms with E-state index in [1.54, 1.807) is 13.8 Å². The topological polar surface area (TPSA) is 69.7 Å². The fraction of sp³-hybridized carbons (Fsp3) is 0.750. The minimum Gasteiger partial charge on any atom is -0.465 e. The highest BCUT2D eigenvalue weighted by Crippen LogP contribution is 2.30. The van der Waals surface area contributed by atoms with E-state index < -0.39 is 23.3 Å². The first-order valence-electron chi connectivity index (χ1n) is 5.63. The molecule has 0 heterocycles. The summed E-state index contributed by atoms with van der Waals surface area (Å²) in [6, 6.07) is 0. The molecule has 0 atom stereocenters. The Morgan fingerprint density at radius 2 is 1.35 bits per heavy atom. The van der Waals surface area contributed by atoms with E-state index in [9.17, 15) is 14.4 Å². The SMILES string of the molecule is CCOC(=O)C(C(=O)OCC)C(C)(C)C(C)=O. The molecule has 0 aliphatic carbocycles. The first-order valence-corrected chi connectivity index (χ1v) is 5.63. The van der Waals surface area contributed by atoms with Crippen molar-refractivity contribution >= 4 is 17.7 Å². The van der Waals surface area contributed by atoms with Crippen molar-refractivity contribution in [3.05, 3.63) is 0 Å². The fourth-order valence-corrected chi connectivity index (χ4v) is 1.34. The number of ketones is 1. The molecule has 0 radical (unpaired) electrons. The number of hydrogen-bond donors (Lipinski definition) is 0. The molecule has 0 aromatic heterocycles. The van der Waals surface area contributed by atoms with Gasteiger partial charge in [-0.2, -0.15) is 0 Å². The molecule has 0 aliphatic rings. The molecule has 0 aliphatic heterocycles. The average molecular weight is 244 g/mol. The van der Waals surface area contributed by atoms with Gasteiger partial charge in [-0.1, -0.05) is 13.8 Å². The summed E-state index contributed by atoms with van der Waals surface area (Å²) in [7, 11) is 0. The van der Waals surface area contributed by atoms with E-state index >= 15 is 0 Å². The number of esters is 2. The van der Waals surface area contributed by atoms with Crippen LogP contribution in [0.4, 0.5) is 0 Å². The lowest BCUT2D eigenvalue weighted by atomic mass is 9.75. The Hall–Kier alpha value is -1.39. The van der Waals surface area contributed by atoms with E-state index in [0.29, 0.717) is 0 Å². The molecular weight excluding hydrogens is 224 g/mol. The molecule has 0 aromatic rings. The minimum absolute atomic E-state index is 0.155. The Kier molecular flexibility index (Phi) is 5.85. The van der Waals surface area contributed by atoms with Gasteiger partial charge in [0.2, 0.25) is 0 Å². The third-order valence-electron chi connectivity index (χ3n) is 2.67. The van der Waals surface area contributed by atoms with E-state index in [0.717, 1.165) is 0 Å². The van der Waals surface area contributed by atoms with E-state index in [-0.39, 0.29) is 19.0 Å². The Labute approximate surface area is 101 Å². The second-order valence-corrected chi connectivity index (χ2v) is 4.21. The van der Waals surface area contributed by atoms with Crippen LogP contribution in [-0.2, 0) is 23.9 Å². The lowest BCUT2D eigenvalue weighted by Crippen LogP contribution is -2.43. The van der Waals surface area contributed by atoms with Crippen molar-refractivity contribution in [2.24, 2.45) is 11.3 Å². The molecule has 0 unspecified atom stereocenters. The first-order chi connectivity index (χ1) is 7.78. The van der Waals surface area contributed by atoms with Crippen molar-refractivity contribution < 1.29 is 23.9 Å². The number of rotatable bonds is 6. The molecule has 0 rings (SSSR count). The average Bonchev–Trinajstić information content (AvgIpc) is 2.17. The molecule has 5 heteroatoms. The van der Waals surface area contributed by atoms with Crippen molar-refractivity contribution in [3.63, 3.8) is 0 Å².